The quantitative estimate of drug-likeness (QED) is 0.852. The fourth-order valence-corrected chi connectivity index (χ4v) is 3.18. The van der Waals surface area contributed by atoms with E-state index in [2.05, 4.69) is 45.3 Å². The molecule has 1 aromatic rings. The molecule has 1 heterocycles. The Labute approximate surface area is 119 Å². The fraction of sp³-hybridized carbons (Fsp3) is 0.667. The Balaban J connectivity index is 1.92. The first-order valence-corrected chi connectivity index (χ1v) is 7.91. The zero-order chi connectivity index (χ0) is 12.8. The van der Waals surface area contributed by atoms with Gasteiger partial charge >= 0.3 is 0 Å². The molecule has 2 rings (SSSR count). The van der Waals surface area contributed by atoms with Gasteiger partial charge in [-0.15, -0.1) is 0 Å². The van der Waals surface area contributed by atoms with Crippen LogP contribution in [0.1, 0.15) is 44.7 Å². The van der Waals surface area contributed by atoms with Crippen molar-refractivity contribution in [2.75, 3.05) is 6.54 Å². The Morgan fingerprint density at radius 2 is 2.17 bits per heavy atom. The monoisotopic (exact) mass is 310 g/mol. The average molecular weight is 311 g/mol. The van der Waals surface area contributed by atoms with E-state index >= 15 is 0 Å². The summed E-state index contributed by atoms with van der Waals surface area (Å²) in [5, 5.41) is 3.62. The molecule has 18 heavy (non-hydrogen) atoms. The zero-order valence-electron chi connectivity index (χ0n) is 11.2. The number of rotatable bonds is 4. The zero-order valence-corrected chi connectivity index (χ0v) is 12.7. The van der Waals surface area contributed by atoms with Gasteiger partial charge in [0.25, 0.3) is 0 Å². The van der Waals surface area contributed by atoms with E-state index < -0.39 is 0 Å². The topological polar surface area (TPSA) is 24.9 Å². The minimum absolute atomic E-state index is 0.720. The fourth-order valence-electron chi connectivity index (χ4n) is 2.94. The van der Waals surface area contributed by atoms with Crippen LogP contribution in [0.2, 0.25) is 0 Å². The number of aromatic nitrogens is 1. The molecule has 3 heteroatoms. The molecule has 0 amide bonds. The molecule has 2 atom stereocenters. The number of nitrogens with one attached hydrogen (secondary N) is 1. The molecule has 0 spiro atoms. The maximum absolute atomic E-state index is 4.51. The van der Waals surface area contributed by atoms with Crippen molar-refractivity contribution in [1.82, 2.24) is 10.3 Å². The van der Waals surface area contributed by atoms with Gasteiger partial charge in [-0.05, 0) is 59.8 Å². The van der Waals surface area contributed by atoms with E-state index in [1.807, 2.05) is 6.20 Å². The molecule has 1 aromatic heterocycles. The van der Waals surface area contributed by atoms with Crippen LogP contribution >= 0.6 is 15.9 Å². The maximum atomic E-state index is 4.51. The summed E-state index contributed by atoms with van der Waals surface area (Å²) in [5.41, 5.74) is 1.24. The highest BCUT2D eigenvalue weighted by Crippen LogP contribution is 2.26. The molecule has 100 valence electrons. The molecule has 1 aliphatic carbocycles. The Bertz CT molecular complexity index is 350. The Hall–Kier alpha value is -0.410. The lowest BCUT2D eigenvalue weighted by atomic mass is 9.93. The highest BCUT2D eigenvalue weighted by molar-refractivity contribution is 9.10. The Morgan fingerprint density at radius 1 is 1.33 bits per heavy atom. The first-order chi connectivity index (χ1) is 8.78. The van der Waals surface area contributed by atoms with E-state index in [9.17, 15) is 0 Å². The van der Waals surface area contributed by atoms with E-state index in [1.54, 1.807) is 0 Å². The van der Waals surface area contributed by atoms with E-state index in [4.69, 9.17) is 0 Å². The van der Waals surface area contributed by atoms with Gasteiger partial charge in [0.2, 0.25) is 0 Å². The Kier molecular flexibility index (Phi) is 5.64. The lowest BCUT2D eigenvalue weighted by molar-refractivity contribution is 0.387. The van der Waals surface area contributed by atoms with Crippen molar-refractivity contribution < 1.29 is 0 Å². The third-order valence-electron chi connectivity index (χ3n) is 3.81. The summed E-state index contributed by atoms with van der Waals surface area (Å²) >= 11 is 3.44. The van der Waals surface area contributed by atoms with Crippen LogP contribution in [0.5, 0.6) is 0 Å². The largest absolute Gasteiger partial charge is 0.314 e. The predicted molar refractivity (Wildman–Crippen MR) is 79.7 cm³/mol. The molecular weight excluding hydrogens is 288 g/mol. The summed E-state index contributed by atoms with van der Waals surface area (Å²) in [6.45, 7) is 3.30. The molecule has 2 unspecified atom stereocenters. The van der Waals surface area contributed by atoms with Gasteiger partial charge < -0.3 is 5.32 Å². The van der Waals surface area contributed by atoms with Crippen molar-refractivity contribution in [3.05, 3.63) is 28.5 Å². The van der Waals surface area contributed by atoms with E-state index in [0.717, 1.165) is 29.4 Å². The lowest BCUT2D eigenvalue weighted by Gasteiger charge is -2.20. The summed E-state index contributed by atoms with van der Waals surface area (Å²) < 4.78 is 1.07. The molecule has 2 nitrogen and oxygen atoms in total. The van der Waals surface area contributed by atoms with E-state index in [1.165, 1.54) is 37.8 Å². The molecule has 1 N–H and O–H groups in total. The summed E-state index contributed by atoms with van der Waals surface area (Å²) in [5.74, 6) is 0.797. The van der Waals surface area contributed by atoms with Crippen molar-refractivity contribution in [2.45, 2.75) is 51.5 Å². The predicted octanol–water partition coefficient (Wildman–Crippen LogP) is 3.95. The van der Waals surface area contributed by atoms with E-state index in [0.29, 0.717) is 0 Å². The highest BCUT2D eigenvalue weighted by Gasteiger charge is 2.20. The summed E-state index contributed by atoms with van der Waals surface area (Å²) in [6.07, 6.45) is 9.82. The van der Waals surface area contributed by atoms with Gasteiger partial charge in [-0.2, -0.15) is 0 Å². The summed E-state index contributed by atoms with van der Waals surface area (Å²) in [7, 11) is 0. The third-order valence-corrected chi connectivity index (χ3v) is 4.28. The molecule has 1 saturated carbocycles. The molecule has 0 aromatic carbocycles. The Morgan fingerprint density at radius 3 is 2.89 bits per heavy atom. The van der Waals surface area contributed by atoms with Gasteiger partial charge in [-0.3, -0.25) is 4.98 Å². The van der Waals surface area contributed by atoms with Gasteiger partial charge in [0.05, 0.1) is 0 Å². The molecule has 0 radical (unpaired) electrons. The molecule has 0 aliphatic heterocycles. The van der Waals surface area contributed by atoms with Gasteiger partial charge in [0, 0.05) is 22.4 Å². The third kappa shape index (κ3) is 4.36. The van der Waals surface area contributed by atoms with Crippen molar-refractivity contribution >= 4 is 15.9 Å². The average Bonchev–Trinajstić information content (AvgIpc) is 2.58. The maximum Gasteiger partial charge on any atom is 0.0413 e. The van der Waals surface area contributed by atoms with Gasteiger partial charge in [0.1, 0.15) is 0 Å². The van der Waals surface area contributed by atoms with Gasteiger partial charge in [-0.1, -0.05) is 26.2 Å². The molecule has 1 fully saturated rings. The van der Waals surface area contributed by atoms with Crippen LogP contribution in [0, 0.1) is 5.92 Å². The molecule has 0 bridgehead atoms. The second-order valence-electron chi connectivity index (χ2n) is 5.31. The molecular formula is C15H23BrN2. The number of halogens is 1. The smallest absolute Gasteiger partial charge is 0.0413 e. The number of hydrogen-bond acceptors (Lipinski definition) is 2. The van der Waals surface area contributed by atoms with Crippen molar-refractivity contribution in [2.24, 2.45) is 5.92 Å². The van der Waals surface area contributed by atoms with Gasteiger partial charge in [-0.25, -0.2) is 0 Å². The van der Waals surface area contributed by atoms with Crippen LogP contribution in [-0.4, -0.2) is 17.6 Å². The first-order valence-electron chi connectivity index (χ1n) is 7.11. The van der Waals surface area contributed by atoms with Crippen LogP contribution in [0.4, 0.5) is 0 Å². The summed E-state index contributed by atoms with van der Waals surface area (Å²) in [6, 6.07) is 4.97. The van der Waals surface area contributed by atoms with Crippen LogP contribution in [-0.2, 0) is 6.42 Å². The van der Waals surface area contributed by atoms with Gasteiger partial charge in [0.15, 0.2) is 0 Å². The number of pyridine rings is 1. The first kappa shape index (κ1) is 14.0. The standard InChI is InChI=1S/C15H23BrN2/c1-2-17-14-6-4-3-5-12(9-14)10-15-8-7-13(16)11-18-15/h7-8,11-12,14,17H,2-6,9-10H2,1H3. The van der Waals surface area contributed by atoms with Crippen molar-refractivity contribution in [3.63, 3.8) is 0 Å². The lowest BCUT2D eigenvalue weighted by Crippen LogP contribution is -2.30. The number of hydrogen-bond donors (Lipinski definition) is 1. The molecule has 1 aliphatic rings. The SMILES string of the molecule is CCNC1CCCCC(Cc2ccc(Br)cn2)C1. The minimum Gasteiger partial charge on any atom is -0.314 e. The summed E-state index contributed by atoms with van der Waals surface area (Å²) in [4.78, 5) is 4.51. The normalized spacial score (nSPS) is 24.8. The number of nitrogens with zero attached hydrogens (tertiary/aromatic N) is 1. The van der Waals surface area contributed by atoms with E-state index in [-0.39, 0.29) is 0 Å². The van der Waals surface area contributed by atoms with Crippen LogP contribution in [0.15, 0.2) is 22.8 Å². The molecule has 0 saturated heterocycles. The second kappa shape index (κ2) is 7.25. The second-order valence-corrected chi connectivity index (χ2v) is 6.23. The van der Waals surface area contributed by atoms with Crippen LogP contribution < -0.4 is 5.32 Å². The highest BCUT2D eigenvalue weighted by atomic mass is 79.9. The van der Waals surface area contributed by atoms with Crippen molar-refractivity contribution in [3.8, 4) is 0 Å². The minimum atomic E-state index is 0.720. The van der Waals surface area contributed by atoms with Crippen LogP contribution in [0.3, 0.4) is 0 Å². The van der Waals surface area contributed by atoms with Crippen molar-refractivity contribution in [1.29, 1.82) is 0 Å². The van der Waals surface area contributed by atoms with Crippen LogP contribution in [0.25, 0.3) is 0 Å².